The lowest BCUT2D eigenvalue weighted by atomic mass is 10.1. The van der Waals surface area contributed by atoms with Crippen LogP contribution in [0.15, 0.2) is 64.9 Å². The average molecular weight is 419 g/mol. The average Bonchev–Trinajstić information content (AvgIpc) is 3.23. The van der Waals surface area contributed by atoms with Crippen molar-refractivity contribution < 1.29 is 4.79 Å². The van der Waals surface area contributed by atoms with E-state index in [1.54, 1.807) is 18.3 Å². The maximum atomic E-state index is 12.5. The summed E-state index contributed by atoms with van der Waals surface area (Å²) in [6.07, 6.45) is 5.03. The molecular formula is C23H22N4O2S. The standard InChI is InChI=1S/C23H22N4O2S/c1-2-3-6-16-9-11-17(12-10-16)20-15-30-23(25-20)26-21(28)14-27-22(29)19-8-5-4-7-18(19)13-24-27/h4-5,7-13,15H,2-3,6,14H2,1H3,(H,25,26,28). The first-order valence-electron chi connectivity index (χ1n) is 9.93. The molecule has 0 fully saturated rings. The fourth-order valence-corrected chi connectivity index (χ4v) is 3.96. The highest BCUT2D eigenvalue weighted by Crippen LogP contribution is 2.25. The largest absolute Gasteiger partial charge is 0.300 e. The molecule has 0 aliphatic carbocycles. The van der Waals surface area contributed by atoms with Crippen LogP contribution in [0.25, 0.3) is 22.0 Å². The Labute approximate surface area is 178 Å². The van der Waals surface area contributed by atoms with E-state index in [1.807, 2.05) is 17.5 Å². The van der Waals surface area contributed by atoms with Gasteiger partial charge in [0.05, 0.1) is 17.3 Å². The van der Waals surface area contributed by atoms with Gasteiger partial charge in [0, 0.05) is 16.3 Å². The molecular weight excluding hydrogens is 396 g/mol. The number of anilines is 1. The third-order valence-electron chi connectivity index (χ3n) is 4.87. The minimum Gasteiger partial charge on any atom is -0.300 e. The van der Waals surface area contributed by atoms with E-state index in [9.17, 15) is 9.59 Å². The molecule has 30 heavy (non-hydrogen) atoms. The van der Waals surface area contributed by atoms with Crippen molar-refractivity contribution >= 4 is 33.1 Å². The summed E-state index contributed by atoms with van der Waals surface area (Å²) in [6.45, 7) is 2.02. The van der Waals surface area contributed by atoms with E-state index in [1.165, 1.54) is 34.4 Å². The van der Waals surface area contributed by atoms with Gasteiger partial charge in [-0.3, -0.25) is 9.59 Å². The topological polar surface area (TPSA) is 76.9 Å². The molecule has 0 saturated carbocycles. The summed E-state index contributed by atoms with van der Waals surface area (Å²) in [6, 6.07) is 15.6. The maximum Gasteiger partial charge on any atom is 0.275 e. The van der Waals surface area contributed by atoms with Crippen LogP contribution >= 0.6 is 11.3 Å². The van der Waals surface area contributed by atoms with E-state index in [2.05, 4.69) is 46.6 Å². The van der Waals surface area contributed by atoms with E-state index >= 15 is 0 Å². The summed E-state index contributed by atoms with van der Waals surface area (Å²) in [7, 11) is 0. The van der Waals surface area contributed by atoms with Crippen molar-refractivity contribution in [2.75, 3.05) is 5.32 Å². The van der Waals surface area contributed by atoms with Gasteiger partial charge < -0.3 is 5.32 Å². The van der Waals surface area contributed by atoms with E-state index < -0.39 is 0 Å². The Morgan fingerprint density at radius 1 is 1.13 bits per heavy atom. The zero-order valence-electron chi connectivity index (χ0n) is 16.7. The summed E-state index contributed by atoms with van der Waals surface area (Å²) < 4.78 is 1.17. The van der Waals surface area contributed by atoms with Crippen molar-refractivity contribution in [1.82, 2.24) is 14.8 Å². The van der Waals surface area contributed by atoms with Crippen LogP contribution in [0.1, 0.15) is 25.3 Å². The van der Waals surface area contributed by atoms with Gasteiger partial charge in [-0.15, -0.1) is 11.3 Å². The van der Waals surface area contributed by atoms with Crippen LogP contribution in [-0.4, -0.2) is 20.7 Å². The molecule has 4 rings (SSSR count). The molecule has 0 radical (unpaired) electrons. The third-order valence-corrected chi connectivity index (χ3v) is 5.63. The Balaban J connectivity index is 1.43. The number of hydrogen-bond acceptors (Lipinski definition) is 5. The van der Waals surface area contributed by atoms with Crippen molar-refractivity contribution in [2.45, 2.75) is 32.7 Å². The number of rotatable bonds is 7. The predicted molar refractivity (Wildman–Crippen MR) is 121 cm³/mol. The number of benzene rings is 2. The lowest BCUT2D eigenvalue weighted by Crippen LogP contribution is -2.29. The molecule has 0 spiro atoms. The monoisotopic (exact) mass is 418 g/mol. The van der Waals surface area contributed by atoms with Crippen LogP contribution in [0.2, 0.25) is 0 Å². The normalized spacial score (nSPS) is 11.0. The number of aromatic nitrogens is 3. The summed E-state index contributed by atoms with van der Waals surface area (Å²) >= 11 is 1.36. The Morgan fingerprint density at radius 3 is 2.73 bits per heavy atom. The molecule has 0 unspecified atom stereocenters. The summed E-state index contributed by atoms with van der Waals surface area (Å²) in [4.78, 5) is 29.4. The fourth-order valence-electron chi connectivity index (χ4n) is 3.22. The van der Waals surface area contributed by atoms with Crippen LogP contribution in [0, 0.1) is 0 Å². The minimum absolute atomic E-state index is 0.162. The number of amides is 1. The number of carbonyl (C=O) groups is 1. The number of hydrogen-bond donors (Lipinski definition) is 1. The molecule has 0 aliphatic rings. The Morgan fingerprint density at radius 2 is 1.93 bits per heavy atom. The Bertz CT molecular complexity index is 1230. The van der Waals surface area contributed by atoms with Gasteiger partial charge in [0.2, 0.25) is 5.91 Å². The number of fused-ring (bicyclic) bond motifs is 1. The molecule has 1 amide bonds. The molecule has 7 heteroatoms. The van der Waals surface area contributed by atoms with Crippen molar-refractivity contribution in [3.05, 3.63) is 76.0 Å². The van der Waals surface area contributed by atoms with Crippen LogP contribution in [0.5, 0.6) is 0 Å². The second-order valence-electron chi connectivity index (χ2n) is 7.08. The number of aryl methyl sites for hydroxylation is 1. The smallest absolute Gasteiger partial charge is 0.275 e. The molecule has 2 aromatic heterocycles. The molecule has 2 aromatic carbocycles. The predicted octanol–water partition coefficient (Wildman–Crippen LogP) is 4.50. The zero-order chi connectivity index (χ0) is 20.9. The third kappa shape index (κ3) is 4.46. The quantitative estimate of drug-likeness (QED) is 0.479. The SMILES string of the molecule is CCCCc1ccc(-c2csc(NC(=O)Cn3ncc4ccccc4c3=O)n2)cc1. The number of thiazole rings is 1. The van der Waals surface area contributed by atoms with E-state index in [0.717, 1.165) is 23.1 Å². The number of nitrogens with one attached hydrogen (secondary N) is 1. The lowest BCUT2D eigenvalue weighted by Gasteiger charge is -2.05. The fraction of sp³-hybridized carbons (Fsp3) is 0.217. The van der Waals surface area contributed by atoms with Gasteiger partial charge in [0.15, 0.2) is 5.13 Å². The molecule has 0 bridgehead atoms. The second kappa shape index (κ2) is 9.00. The highest BCUT2D eigenvalue weighted by Gasteiger charge is 2.11. The van der Waals surface area contributed by atoms with Crippen molar-refractivity contribution in [2.24, 2.45) is 0 Å². The Hall–Kier alpha value is -3.32. The summed E-state index contributed by atoms with van der Waals surface area (Å²) in [5, 5.41) is 10.6. The number of nitrogens with zero attached hydrogens (tertiary/aromatic N) is 3. The van der Waals surface area contributed by atoms with Crippen molar-refractivity contribution in [1.29, 1.82) is 0 Å². The van der Waals surface area contributed by atoms with Crippen LogP contribution in [-0.2, 0) is 17.8 Å². The van der Waals surface area contributed by atoms with Gasteiger partial charge in [-0.25, -0.2) is 9.67 Å². The first kappa shape index (κ1) is 20.0. The summed E-state index contributed by atoms with van der Waals surface area (Å²) in [5.74, 6) is -0.337. The maximum absolute atomic E-state index is 12.5. The molecule has 0 saturated heterocycles. The van der Waals surface area contributed by atoms with E-state index in [-0.39, 0.29) is 18.0 Å². The van der Waals surface area contributed by atoms with Gasteiger partial charge >= 0.3 is 0 Å². The Kier molecular flexibility index (Phi) is 5.99. The molecule has 1 N–H and O–H groups in total. The van der Waals surface area contributed by atoms with Crippen molar-refractivity contribution in [3.63, 3.8) is 0 Å². The molecule has 4 aromatic rings. The van der Waals surface area contributed by atoms with Crippen LogP contribution < -0.4 is 10.9 Å². The summed E-state index contributed by atoms with van der Waals surface area (Å²) in [5.41, 5.74) is 2.86. The van der Waals surface area contributed by atoms with Gasteiger partial charge in [0.25, 0.3) is 5.56 Å². The van der Waals surface area contributed by atoms with E-state index in [0.29, 0.717) is 10.5 Å². The first-order valence-corrected chi connectivity index (χ1v) is 10.8. The minimum atomic E-state index is -0.337. The number of unbranched alkanes of at least 4 members (excludes halogenated alkanes) is 1. The van der Waals surface area contributed by atoms with Crippen LogP contribution in [0.3, 0.4) is 0 Å². The molecule has 0 aliphatic heterocycles. The van der Waals surface area contributed by atoms with Gasteiger partial charge in [-0.05, 0) is 24.5 Å². The number of carbonyl (C=O) groups excluding carboxylic acids is 1. The molecule has 2 heterocycles. The first-order chi connectivity index (χ1) is 14.6. The molecule has 0 atom stereocenters. The zero-order valence-corrected chi connectivity index (χ0v) is 17.5. The van der Waals surface area contributed by atoms with Crippen molar-refractivity contribution in [3.8, 4) is 11.3 Å². The highest BCUT2D eigenvalue weighted by atomic mass is 32.1. The van der Waals surface area contributed by atoms with Crippen LogP contribution in [0.4, 0.5) is 5.13 Å². The van der Waals surface area contributed by atoms with Gasteiger partial charge in [0.1, 0.15) is 6.54 Å². The second-order valence-corrected chi connectivity index (χ2v) is 7.94. The van der Waals surface area contributed by atoms with Gasteiger partial charge in [-0.2, -0.15) is 5.10 Å². The lowest BCUT2D eigenvalue weighted by molar-refractivity contribution is -0.117. The molecule has 152 valence electrons. The van der Waals surface area contributed by atoms with Gasteiger partial charge in [-0.1, -0.05) is 55.8 Å². The molecule has 6 nitrogen and oxygen atoms in total. The highest BCUT2D eigenvalue weighted by molar-refractivity contribution is 7.14. The van der Waals surface area contributed by atoms with E-state index in [4.69, 9.17) is 0 Å².